The van der Waals surface area contributed by atoms with Crippen molar-refractivity contribution in [2.24, 2.45) is 11.7 Å². The van der Waals surface area contributed by atoms with E-state index in [1.165, 1.54) is 6.07 Å². The van der Waals surface area contributed by atoms with Gasteiger partial charge in [-0.2, -0.15) is 0 Å². The van der Waals surface area contributed by atoms with Gasteiger partial charge >= 0.3 is 0 Å². The summed E-state index contributed by atoms with van der Waals surface area (Å²) in [6.07, 6.45) is 2.91. The summed E-state index contributed by atoms with van der Waals surface area (Å²) in [6.45, 7) is 6.73. The van der Waals surface area contributed by atoms with Gasteiger partial charge in [-0.25, -0.2) is 4.39 Å². The van der Waals surface area contributed by atoms with Gasteiger partial charge in [0.2, 0.25) is 0 Å². The second-order valence-electron chi connectivity index (χ2n) is 5.15. The predicted octanol–water partition coefficient (Wildman–Crippen LogP) is 3.53. The maximum Gasteiger partial charge on any atom is 0.165 e. The van der Waals surface area contributed by atoms with E-state index in [4.69, 9.17) is 10.5 Å². The quantitative estimate of drug-likeness (QED) is 0.806. The Bertz CT molecular complexity index is 366. The van der Waals surface area contributed by atoms with Crippen molar-refractivity contribution < 1.29 is 9.13 Å². The Kier molecular flexibility index (Phi) is 6.13. The minimum absolute atomic E-state index is 0.0424. The summed E-state index contributed by atoms with van der Waals surface area (Å²) in [7, 11) is 0. The van der Waals surface area contributed by atoms with E-state index in [1.807, 2.05) is 13.0 Å². The van der Waals surface area contributed by atoms with E-state index in [0.29, 0.717) is 24.7 Å². The van der Waals surface area contributed by atoms with Crippen molar-refractivity contribution in [3.8, 4) is 5.75 Å². The molecule has 1 rings (SSSR count). The third-order valence-corrected chi connectivity index (χ3v) is 2.86. The molecule has 0 spiro atoms. The second kappa shape index (κ2) is 7.37. The zero-order valence-electron chi connectivity index (χ0n) is 11.6. The maximum atomic E-state index is 13.8. The summed E-state index contributed by atoms with van der Waals surface area (Å²) in [5.41, 5.74) is 6.60. The van der Waals surface area contributed by atoms with Crippen molar-refractivity contribution in [1.29, 1.82) is 0 Å². The lowest BCUT2D eigenvalue weighted by Crippen LogP contribution is -2.17. The first-order valence-corrected chi connectivity index (χ1v) is 6.69. The Hall–Kier alpha value is -1.09. The average Bonchev–Trinajstić information content (AvgIpc) is 2.27. The van der Waals surface area contributed by atoms with E-state index in [1.54, 1.807) is 6.07 Å². The van der Waals surface area contributed by atoms with Gasteiger partial charge in [-0.3, -0.25) is 0 Å². The van der Waals surface area contributed by atoms with Crippen LogP contribution in [0.25, 0.3) is 0 Å². The minimum atomic E-state index is -0.295. The fraction of sp³-hybridized carbons (Fsp3) is 0.600. The van der Waals surface area contributed by atoms with Gasteiger partial charge in [0.05, 0.1) is 6.61 Å². The van der Waals surface area contributed by atoms with Crippen molar-refractivity contribution in [3.63, 3.8) is 0 Å². The van der Waals surface area contributed by atoms with Gasteiger partial charge in [0.1, 0.15) is 0 Å². The molecule has 0 bridgehead atoms. The Morgan fingerprint density at radius 3 is 2.61 bits per heavy atom. The fourth-order valence-corrected chi connectivity index (χ4v) is 1.97. The highest BCUT2D eigenvalue weighted by molar-refractivity contribution is 5.29. The monoisotopic (exact) mass is 253 g/mol. The molecule has 1 aromatic carbocycles. The zero-order chi connectivity index (χ0) is 13.5. The lowest BCUT2D eigenvalue weighted by Gasteiger charge is -2.13. The molecule has 0 amide bonds. The van der Waals surface area contributed by atoms with E-state index in [9.17, 15) is 4.39 Å². The lowest BCUT2D eigenvalue weighted by atomic mass is 10.1. The minimum Gasteiger partial charge on any atom is -0.490 e. The van der Waals surface area contributed by atoms with Gasteiger partial charge < -0.3 is 10.5 Å². The standard InChI is InChI=1S/C15H24FNO/c1-4-5-11(2)10-18-15-7-6-13(8-12(3)17)9-14(15)16/h6-7,9,11-12H,4-5,8,10,17H2,1-3H3. The predicted molar refractivity (Wildman–Crippen MR) is 73.3 cm³/mol. The van der Waals surface area contributed by atoms with Crippen LogP contribution < -0.4 is 10.5 Å². The third-order valence-electron chi connectivity index (χ3n) is 2.86. The number of hydrogen-bond donors (Lipinski definition) is 1. The summed E-state index contributed by atoms with van der Waals surface area (Å²) in [5.74, 6) is 0.501. The van der Waals surface area contributed by atoms with Gasteiger partial charge in [-0.1, -0.05) is 26.3 Å². The molecule has 0 aliphatic rings. The first-order chi connectivity index (χ1) is 8.52. The SMILES string of the molecule is CCCC(C)COc1ccc(CC(C)N)cc1F. The van der Waals surface area contributed by atoms with E-state index in [2.05, 4.69) is 13.8 Å². The highest BCUT2D eigenvalue weighted by Crippen LogP contribution is 2.20. The number of rotatable bonds is 7. The molecule has 2 atom stereocenters. The van der Waals surface area contributed by atoms with Crippen LogP contribution in [-0.2, 0) is 6.42 Å². The van der Waals surface area contributed by atoms with Gasteiger partial charge in [-0.15, -0.1) is 0 Å². The number of benzene rings is 1. The molecule has 0 aliphatic heterocycles. The van der Waals surface area contributed by atoms with Gasteiger partial charge in [-0.05, 0) is 43.4 Å². The molecule has 0 fully saturated rings. The van der Waals surface area contributed by atoms with Crippen LogP contribution in [0.2, 0.25) is 0 Å². The first-order valence-electron chi connectivity index (χ1n) is 6.69. The second-order valence-corrected chi connectivity index (χ2v) is 5.15. The van der Waals surface area contributed by atoms with Gasteiger partial charge in [0, 0.05) is 6.04 Å². The largest absolute Gasteiger partial charge is 0.490 e. The first kappa shape index (κ1) is 15.0. The molecular formula is C15H24FNO. The van der Waals surface area contributed by atoms with E-state index < -0.39 is 0 Å². The maximum absolute atomic E-state index is 13.8. The topological polar surface area (TPSA) is 35.2 Å². The molecule has 2 N–H and O–H groups in total. The lowest BCUT2D eigenvalue weighted by molar-refractivity contribution is 0.241. The van der Waals surface area contributed by atoms with Crippen molar-refractivity contribution in [1.82, 2.24) is 0 Å². The molecule has 0 aliphatic carbocycles. The fourth-order valence-electron chi connectivity index (χ4n) is 1.97. The van der Waals surface area contributed by atoms with Crippen molar-refractivity contribution in [2.45, 2.75) is 46.1 Å². The molecule has 1 aromatic rings. The third kappa shape index (κ3) is 5.05. The van der Waals surface area contributed by atoms with Crippen LogP contribution in [0.15, 0.2) is 18.2 Å². The van der Waals surface area contributed by atoms with Crippen LogP contribution in [0.1, 0.15) is 39.2 Å². The molecule has 0 radical (unpaired) electrons. The number of nitrogens with two attached hydrogens (primary N) is 1. The van der Waals surface area contributed by atoms with Crippen molar-refractivity contribution >= 4 is 0 Å². The van der Waals surface area contributed by atoms with Crippen LogP contribution in [0.3, 0.4) is 0 Å². The van der Waals surface area contributed by atoms with E-state index >= 15 is 0 Å². The average molecular weight is 253 g/mol. The number of halogens is 1. The van der Waals surface area contributed by atoms with Crippen molar-refractivity contribution in [2.75, 3.05) is 6.61 Å². The van der Waals surface area contributed by atoms with Crippen molar-refractivity contribution in [3.05, 3.63) is 29.6 Å². The molecule has 0 aromatic heterocycles. The molecule has 3 heteroatoms. The molecule has 2 unspecified atom stereocenters. The molecular weight excluding hydrogens is 229 g/mol. The molecule has 0 saturated carbocycles. The van der Waals surface area contributed by atoms with Crippen LogP contribution in [0.5, 0.6) is 5.75 Å². The van der Waals surface area contributed by atoms with E-state index in [-0.39, 0.29) is 11.9 Å². The highest BCUT2D eigenvalue weighted by Gasteiger charge is 2.08. The van der Waals surface area contributed by atoms with Gasteiger partial charge in [0.25, 0.3) is 0 Å². The van der Waals surface area contributed by atoms with Crippen LogP contribution in [0.4, 0.5) is 4.39 Å². The molecule has 2 nitrogen and oxygen atoms in total. The Balaban J connectivity index is 2.57. The Morgan fingerprint density at radius 2 is 2.06 bits per heavy atom. The molecule has 0 heterocycles. The Morgan fingerprint density at radius 1 is 1.33 bits per heavy atom. The van der Waals surface area contributed by atoms with Crippen LogP contribution in [-0.4, -0.2) is 12.6 Å². The summed E-state index contributed by atoms with van der Waals surface area (Å²) in [4.78, 5) is 0. The van der Waals surface area contributed by atoms with Gasteiger partial charge in [0.15, 0.2) is 11.6 Å². The summed E-state index contributed by atoms with van der Waals surface area (Å²) in [6, 6.07) is 5.14. The molecule has 18 heavy (non-hydrogen) atoms. The van der Waals surface area contributed by atoms with Crippen LogP contribution >= 0.6 is 0 Å². The van der Waals surface area contributed by atoms with E-state index in [0.717, 1.165) is 18.4 Å². The number of ether oxygens (including phenoxy) is 1. The molecule has 0 saturated heterocycles. The smallest absolute Gasteiger partial charge is 0.165 e. The normalized spacial score (nSPS) is 14.3. The summed E-state index contributed by atoms with van der Waals surface area (Å²) in [5, 5.41) is 0. The zero-order valence-corrected chi connectivity index (χ0v) is 11.6. The van der Waals surface area contributed by atoms with Crippen LogP contribution in [0, 0.1) is 11.7 Å². The summed E-state index contributed by atoms with van der Waals surface area (Å²) >= 11 is 0. The summed E-state index contributed by atoms with van der Waals surface area (Å²) < 4.78 is 19.3. The number of hydrogen-bond acceptors (Lipinski definition) is 2. The molecule has 102 valence electrons. The Labute approximate surface area is 109 Å². The highest BCUT2D eigenvalue weighted by atomic mass is 19.1.